The molecule has 1 rings (SSSR count). The Labute approximate surface area is 108 Å². The topological polar surface area (TPSA) is 76.5 Å². The molecule has 1 aromatic rings. The number of benzene rings is 1. The average molecular weight is 275 g/mol. The Morgan fingerprint density at radius 3 is 2.71 bits per heavy atom. The highest BCUT2D eigenvalue weighted by molar-refractivity contribution is 6.36. The first-order valence-electron chi connectivity index (χ1n) is 4.77. The molecule has 0 aliphatic carbocycles. The maximum Gasteiger partial charge on any atom is 0.162 e. The molecule has 0 bridgehead atoms. The van der Waals surface area contributed by atoms with Crippen LogP contribution in [0.4, 0.5) is 5.69 Å². The van der Waals surface area contributed by atoms with Crippen LogP contribution in [0.5, 0.6) is 0 Å². The molecule has 0 saturated carbocycles. The molecule has 17 heavy (non-hydrogen) atoms. The Bertz CT molecular complexity index is 449. The number of anilines is 1. The number of hydrogen-bond acceptors (Lipinski definition) is 4. The lowest BCUT2D eigenvalue weighted by molar-refractivity contribution is -0.294. The molecule has 0 fully saturated rings. The number of nitrogens with zero attached hydrogens (tertiary/aromatic N) is 1. The highest BCUT2D eigenvalue weighted by Crippen LogP contribution is 2.24. The van der Waals surface area contributed by atoms with Gasteiger partial charge in [-0.1, -0.05) is 23.2 Å². The van der Waals surface area contributed by atoms with Gasteiger partial charge in [0.1, 0.15) is 5.97 Å². The van der Waals surface area contributed by atoms with Gasteiger partial charge in [0.05, 0.1) is 10.7 Å². The van der Waals surface area contributed by atoms with Crippen molar-refractivity contribution in [3.63, 3.8) is 0 Å². The molecule has 0 amide bonds. The fraction of sp³-hybridized carbons (Fsp3) is 0.200. The molecule has 0 spiro atoms. The van der Waals surface area contributed by atoms with Gasteiger partial charge in [0, 0.05) is 11.6 Å². The molecule has 0 saturated heterocycles. The first-order valence-corrected chi connectivity index (χ1v) is 5.53. The minimum absolute atomic E-state index is 0.293. The summed E-state index contributed by atoms with van der Waals surface area (Å²) < 4.78 is 0. The summed E-state index contributed by atoms with van der Waals surface area (Å²) in [5, 5.41) is 11.5. The van der Waals surface area contributed by atoms with Crippen molar-refractivity contribution in [1.82, 2.24) is 5.43 Å². The smallest absolute Gasteiger partial charge is 0.162 e. The van der Waals surface area contributed by atoms with Crippen LogP contribution in [0, 0.1) is 0 Å². The quantitative estimate of drug-likeness (QED) is 0.491. The molecular formula is C10H10Cl2N3O2-. The fourth-order valence-corrected chi connectivity index (χ4v) is 1.49. The van der Waals surface area contributed by atoms with Crippen LogP contribution in [0.3, 0.4) is 0 Å². The second-order valence-electron chi connectivity index (χ2n) is 2.98. The standard InChI is InChI=1S/C10H11Cl2N3O2/c1-2-13-9(10(16)17)15-14-8-4-3-6(11)5-7(8)12/h3-5,14H,2H2,1H3,(H,13,15)(H,16,17)/p-1. The Balaban J connectivity index is 2.72. The van der Waals surface area contributed by atoms with Gasteiger partial charge in [0.25, 0.3) is 0 Å². The van der Waals surface area contributed by atoms with Crippen molar-refractivity contribution in [1.29, 1.82) is 0 Å². The molecule has 7 heteroatoms. The number of carbonyl (C=O) groups is 1. The number of carboxylic acid groups (broad SMARTS) is 1. The van der Waals surface area contributed by atoms with Crippen molar-refractivity contribution in [3.8, 4) is 0 Å². The number of aliphatic imine (C=N–C) groups is 1. The summed E-state index contributed by atoms with van der Waals surface area (Å²) in [6.07, 6.45) is 0. The van der Waals surface area contributed by atoms with E-state index in [9.17, 15) is 9.90 Å². The fourth-order valence-electron chi connectivity index (χ4n) is 1.03. The molecule has 0 aromatic heterocycles. The summed E-state index contributed by atoms with van der Waals surface area (Å²) >= 11 is 11.6. The van der Waals surface area contributed by atoms with Gasteiger partial charge in [-0.05, 0) is 25.1 Å². The minimum atomic E-state index is -1.40. The number of aliphatic carboxylic acids is 1. The van der Waals surface area contributed by atoms with Crippen LogP contribution in [0.2, 0.25) is 10.0 Å². The molecule has 0 aliphatic heterocycles. The van der Waals surface area contributed by atoms with Gasteiger partial charge in [0.15, 0.2) is 5.84 Å². The third-order valence-corrected chi connectivity index (χ3v) is 2.30. The lowest BCUT2D eigenvalue weighted by atomic mass is 10.3. The highest BCUT2D eigenvalue weighted by Gasteiger charge is 2.02. The van der Waals surface area contributed by atoms with E-state index in [1.807, 2.05) is 0 Å². The average Bonchev–Trinajstić information content (AvgIpc) is 2.25. The third-order valence-electron chi connectivity index (χ3n) is 1.76. The van der Waals surface area contributed by atoms with Gasteiger partial charge < -0.3 is 9.90 Å². The van der Waals surface area contributed by atoms with Crippen LogP contribution in [0.15, 0.2) is 23.2 Å². The van der Waals surface area contributed by atoms with Gasteiger partial charge in [-0.2, -0.15) is 0 Å². The lowest BCUT2D eigenvalue weighted by Crippen LogP contribution is -2.43. The second kappa shape index (κ2) is 6.32. The predicted octanol–water partition coefficient (Wildman–Crippen LogP) is 1.08. The Morgan fingerprint density at radius 2 is 2.18 bits per heavy atom. The monoisotopic (exact) mass is 274 g/mol. The normalized spacial score (nSPS) is 11.1. The number of hydrazine groups is 1. The van der Waals surface area contributed by atoms with E-state index in [2.05, 4.69) is 15.8 Å². The number of nitrogens with one attached hydrogen (secondary N) is 2. The summed E-state index contributed by atoms with van der Waals surface area (Å²) in [5.74, 6) is -1.69. The van der Waals surface area contributed by atoms with Crippen molar-refractivity contribution in [2.45, 2.75) is 6.92 Å². The van der Waals surface area contributed by atoms with Crippen LogP contribution in [0.25, 0.3) is 0 Å². The summed E-state index contributed by atoms with van der Waals surface area (Å²) in [4.78, 5) is 14.3. The van der Waals surface area contributed by atoms with Crippen LogP contribution >= 0.6 is 23.2 Å². The maximum absolute atomic E-state index is 10.7. The van der Waals surface area contributed by atoms with E-state index < -0.39 is 5.97 Å². The SMILES string of the molecule is CCN=C(NNc1ccc(Cl)cc1Cl)C(=O)[O-]. The molecular weight excluding hydrogens is 265 g/mol. The first-order chi connectivity index (χ1) is 8.04. The number of hydrogen-bond donors (Lipinski definition) is 2. The van der Waals surface area contributed by atoms with Gasteiger partial charge in [-0.3, -0.25) is 15.8 Å². The van der Waals surface area contributed by atoms with Crippen molar-refractivity contribution in [3.05, 3.63) is 28.2 Å². The van der Waals surface area contributed by atoms with Crippen LogP contribution in [-0.2, 0) is 4.79 Å². The zero-order valence-electron chi connectivity index (χ0n) is 8.96. The van der Waals surface area contributed by atoms with E-state index in [-0.39, 0.29) is 5.84 Å². The molecule has 5 nitrogen and oxygen atoms in total. The molecule has 0 heterocycles. The minimum Gasteiger partial charge on any atom is -0.542 e. The molecule has 1 aromatic carbocycles. The van der Waals surface area contributed by atoms with E-state index in [1.54, 1.807) is 19.1 Å². The Hall–Kier alpha value is -1.46. The number of carboxylic acids is 1. The highest BCUT2D eigenvalue weighted by atomic mass is 35.5. The summed E-state index contributed by atoms with van der Waals surface area (Å²) in [6.45, 7) is 2.03. The van der Waals surface area contributed by atoms with Crippen molar-refractivity contribution < 1.29 is 9.90 Å². The number of carbonyl (C=O) groups excluding carboxylic acids is 1. The van der Waals surface area contributed by atoms with E-state index >= 15 is 0 Å². The second-order valence-corrected chi connectivity index (χ2v) is 3.83. The third kappa shape index (κ3) is 4.13. The Morgan fingerprint density at radius 1 is 1.47 bits per heavy atom. The Kier molecular flexibility index (Phi) is 5.06. The largest absolute Gasteiger partial charge is 0.542 e. The maximum atomic E-state index is 10.7. The van der Waals surface area contributed by atoms with E-state index in [4.69, 9.17) is 23.2 Å². The van der Waals surface area contributed by atoms with Gasteiger partial charge in [-0.15, -0.1) is 0 Å². The summed E-state index contributed by atoms with van der Waals surface area (Å²) in [6, 6.07) is 4.76. The van der Waals surface area contributed by atoms with Crippen LogP contribution in [0.1, 0.15) is 6.92 Å². The number of halogens is 2. The van der Waals surface area contributed by atoms with Crippen molar-refractivity contribution >= 4 is 40.7 Å². The molecule has 92 valence electrons. The van der Waals surface area contributed by atoms with Crippen LogP contribution < -0.4 is 16.0 Å². The van der Waals surface area contributed by atoms with Crippen molar-refractivity contribution in [2.75, 3.05) is 12.0 Å². The number of amidine groups is 1. The molecule has 0 unspecified atom stereocenters. The summed E-state index contributed by atoms with van der Waals surface area (Å²) in [7, 11) is 0. The zero-order valence-corrected chi connectivity index (χ0v) is 10.5. The molecule has 0 atom stereocenters. The summed E-state index contributed by atoms with van der Waals surface area (Å²) in [5.41, 5.74) is 5.51. The van der Waals surface area contributed by atoms with Gasteiger partial charge in [0.2, 0.25) is 0 Å². The van der Waals surface area contributed by atoms with E-state index in [0.29, 0.717) is 22.3 Å². The van der Waals surface area contributed by atoms with Gasteiger partial charge in [-0.25, -0.2) is 0 Å². The molecule has 0 radical (unpaired) electrons. The number of rotatable bonds is 3. The van der Waals surface area contributed by atoms with Crippen LogP contribution in [-0.4, -0.2) is 18.3 Å². The zero-order chi connectivity index (χ0) is 12.8. The van der Waals surface area contributed by atoms with E-state index in [0.717, 1.165) is 0 Å². The lowest BCUT2D eigenvalue weighted by Gasteiger charge is -2.13. The van der Waals surface area contributed by atoms with Crippen molar-refractivity contribution in [2.24, 2.45) is 4.99 Å². The first kappa shape index (κ1) is 13.6. The van der Waals surface area contributed by atoms with Gasteiger partial charge >= 0.3 is 0 Å². The van der Waals surface area contributed by atoms with E-state index in [1.165, 1.54) is 6.07 Å². The molecule has 0 aliphatic rings. The predicted molar refractivity (Wildman–Crippen MR) is 66.2 cm³/mol. The molecule has 2 N–H and O–H groups in total.